The van der Waals surface area contributed by atoms with Crippen LogP contribution in [0.3, 0.4) is 0 Å². The molecule has 1 amide bonds. The highest BCUT2D eigenvalue weighted by molar-refractivity contribution is 14.1. The van der Waals surface area contributed by atoms with Gasteiger partial charge in [0.25, 0.3) is 0 Å². The Bertz CT molecular complexity index is 813. The number of rotatable bonds is 2. The van der Waals surface area contributed by atoms with Crippen molar-refractivity contribution in [2.24, 2.45) is 5.41 Å². The molecular weight excluding hydrogens is 431 g/mol. The monoisotopic (exact) mass is 454 g/mol. The number of nitrogens with zero attached hydrogens (tertiary/aromatic N) is 3. The summed E-state index contributed by atoms with van der Waals surface area (Å²) in [4.78, 5) is 20.4. The standard InChI is InChI=1S/C18H23IN4O2/c1-17(22-16(24)25)5-2-6-18(17)7-3-12(4-8-18)14-21-11-13(19)15-20-9-10-23(14)15/h9-12,22H,2-8H2,1H3,(H,24,25). The smallest absolute Gasteiger partial charge is 0.405 e. The Morgan fingerprint density at radius 3 is 2.80 bits per heavy atom. The van der Waals surface area contributed by atoms with Crippen LogP contribution < -0.4 is 5.32 Å². The van der Waals surface area contributed by atoms with E-state index in [-0.39, 0.29) is 11.0 Å². The van der Waals surface area contributed by atoms with Gasteiger partial charge in [0.2, 0.25) is 0 Å². The zero-order valence-corrected chi connectivity index (χ0v) is 16.5. The Hall–Kier alpha value is -1.38. The van der Waals surface area contributed by atoms with Gasteiger partial charge >= 0.3 is 6.09 Å². The first-order valence-corrected chi connectivity index (χ1v) is 10.0. The number of amides is 1. The zero-order valence-electron chi connectivity index (χ0n) is 14.3. The molecule has 2 N–H and O–H groups in total. The largest absolute Gasteiger partial charge is 0.465 e. The van der Waals surface area contributed by atoms with Crippen molar-refractivity contribution >= 4 is 34.3 Å². The number of halogens is 1. The molecule has 4 rings (SSSR count). The van der Waals surface area contributed by atoms with Crippen LogP contribution in [0.25, 0.3) is 5.65 Å². The van der Waals surface area contributed by atoms with E-state index in [1.165, 1.54) is 0 Å². The Morgan fingerprint density at radius 1 is 1.32 bits per heavy atom. The number of carbonyl (C=O) groups is 1. The first-order valence-electron chi connectivity index (χ1n) is 8.93. The minimum absolute atomic E-state index is 0.0964. The fourth-order valence-electron chi connectivity index (χ4n) is 5.19. The summed E-state index contributed by atoms with van der Waals surface area (Å²) in [5.41, 5.74) is 0.774. The van der Waals surface area contributed by atoms with Gasteiger partial charge in [-0.05, 0) is 73.5 Å². The molecule has 2 saturated carbocycles. The predicted octanol–water partition coefficient (Wildman–Crippen LogP) is 4.19. The summed E-state index contributed by atoms with van der Waals surface area (Å²) < 4.78 is 3.18. The molecule has 2 aliphatic rings. The lowest BCUT2D eigenvalue weighted by molar-refractivity contribution is 0.0703. The number of hydrogen-bond acceptors (Lipinski definition) is 3. The first kappa shape index (κ1) is 17.1. The molecule has 7 heteroatoms. The van der Waals surface area contributed by atoms with Gasteiger partial charge in [0.15, 0.2) is 5.65 Å². The lowest BCUT2D eigenvalue weighted by Gasteiger charge is -2.48. The van der Waals surface area contributed by atoms with E-state index in [0.29, 0.717) is 5.92 Å². The van der Waals surface area contributed by atoms with Gasteiger partial charge in [-0.15, -0.1) is 0 Å². The maximum Gasteiger partial charge on any atom is 0.405 e. The molecule has 0 radical (unpaired) electrons. The van der Waals surface area contributed by atoms with Crippen LogP contribution in [-0.4, -0.2) is 31.1 Å². The van der Waals surface area contributed by atoms with Crippen molar-refractivity contribution in [2.45, 2.75) is 63.3 Å². The van der Waals surface area contributed by atoms with Crippen molar-refractivity contribution in [1.29, 1.82) is 0 Å². The van der Waals surface area contributed by atoms with Crippen molar-refractivity contribution in [2.75, 3.05) is 0 Å². The van der Waals surface area contributed by atoms with E-state index in [2.05, 4.69) is 44.2 Å². The molecule has 25 heavy (non-hydrogen) atoms. The Labute approximate surface area is 160 Å². The minimum atomic E-state index is -0.898. The second kappa shape index (κ2) is 6.10. The average molecular weight is 454 g/mol. The lowest BCUT2D eigenvalue weighted by atomic mass is 9.62. The van der Waals surface area contributed by atoms with Crippen molar-refractivity contribution in [3.8, 4) is 0 Å². The normalized spacial score (nSPS) is 32.3. The molecule has 134 valence electrons. The Morgan fingerprint density at radius 2 is 2.08 bits per heavy atom. The van der Waals surface area contributed by atoms with E-state index in [4.69, 9.17) is 4.98 Å². The molecule has 0 aromatic carbocycles. The van der Waals surface area contributed by atoms with Crippen molar-refractivity contribution in [3.63, 3.8) is 0 Å². The van der Waals surface area contributed by atoms with Gasteiger partial charge < -0.3 is 10.4 Å². The second-order valence-corrected chi connectivity index (χ2v) is 8.92. The molecule has 0 bridgehead atoms. The van der Waals surface area contributed by atoms with Gasteiger partial charge in [-0.3, -0.25) is 4.40 Å². The van der Waals surface area contributed by atoms with Gasteiger partial charge in [0.1, 0.15) is 5.82 Å². The third kappa shape index (κ3) is 2.71. The summed E-state index contributed by atoms with van der Waals surface area (Å²) >= 11 is 2.27. The van der Waals surface area contributed by atoms with E-state index < -0.39 is 6.09 Å². The minimum Gasteiger partial charge on any atom is -0.465 e. The van der Waals surface area contributed by atoms with Gasteiger partial charge in [0.05, 0.1) is 3.57 Å². The summed E-state index contributed by atoms with van der Waals surface area (Å²) in [6, 6.07) is 0. The van der Waals surface area contributed by atoms with Crippen LogP contribution in [0.2, 0.25) is 0 Å². The second-order valence-electron chi connectivity index (χ2n) is 7.76. The SMILES string of the molecule is CC1(NC(=O)O)CCCC12CCC(c1ncc(I)c3nccn13)CC2. The fraction of sp³-hybridized carbons (Fsp3) is 0.611. The van der Waals surface area contributed by atoms with E-state index in [0.717, 1.165) is 60.0 Å². The van der Waals surface area contributed by atoms with Crippen LogP contribution in [-0.2, 0) is 0 Å². The fourth-order valence-corrected chi connectivity index (χ4v) is 5.73. The lowest BCUT2D eigenvalue weighted by Crippen LogP contribution is -2.55. The quantitative estimate of drug-likeness (QED) is 0.668. The van der Waals surface area contributed by atoms with Crippen molar-refractivity contribution in [3.05, 3.63) is 28.0 Å². The van der Waals surface area contributed by atoms with Crippen molar-refractivity contribution < 1.29 is 9.90 Å². The predicted molar refractivity (Wildman–Crippen MR) is 103 cm³/mol. The van der Waals surface area contributed by atoms with Crippen LogP contribution in [0.4, 0.5) is 4.79 Å². The summed E-state index contributed by atoms with van der Waals surface area (Å²) in [6.45, 7) is 2.10. The molecule has 1 unspecified atom stereocenters. The molecule has 0 saturated heterocycles. The van der Waals surface area contributed by atoms with E-state index in [1.54, 1.807) is 0 Å². The van der Waals surface area contributed by atoms with Crippen LogP contribution in [0.5, 0.6) is 0 Å². The highest BCUT2D eigenvalue weighted by atomic mass is 127. The number of hydrogen-bond donors (Lipinski definition) is 2. The van der Waals surface area contributed by atoms with Gasteiger partial charge in [-0.25, -0.2) is 14.8 Å². The molecule has 1 atom stereocenters. The van der Waals surface area contributed by atoms with Gasteiger partial charge in [-0.2, -0.15) is 0 Å². The first-order chi connectivity index (χ1) is 11.9. The van der Waals surface area contributed by atoms with E-state index in [9.17, 15) is 9.90 Å². The molecule has 2 aromatic rings. The molecular formula is C18H23IN4O2. The Balaban J connectivity index is 1.58. The molecule has 2 fully saturated rings. The maximum atomic E-state index is 11.3. The highest BCUT2D eigenvalue weighted by Crippen LogP contribution is 2.57. The number of imidazole rings is 1. The number of fused-ring (bicyclic) bond motifs is 1. The third-order valence-electron chi connectivity index (χ3n) is 6.60. The molecule has 2 aliphatic carbocycles. The Kier molecular flexibility index (Phi) is 4.16. The van der Waals surface area contributed by atoms with E-state index in [1.807, 2.05) is 18.6 Å². The topological polar surface area (TPSA) is 79.5 Å². The van der Waals surface area contributed by atoms with Crippen molar-refractivity contribution in [1.82, 2.24) is 19.7 Å². The zero-order chi connectivity index (χ0) is 17.7. The highest BCUT2D eigenvalue weighted by Gasteiger charge is 2.53. The average Bonchev–Trinajstić information content (AvgIpc) is 3.16. The summed E-state index contributed by atoms with van der Waals surface area (Å²) in [5.74, 6) is 1.50. The molecule has 6 nitrogen and oxygen atoms in total. The van der Waals surface area contributed by atoms with Gasteiger partial charge in [-0.1, -0.05) is 6.42 Å². The summed E-state index contributed by atoms with van der Waals surface area (Å²) in [5, 5.41) is 12.1. The molecule has 1 spiro atoms. The third-order valence-corrected chi connectivity index (χ3v) is 7.37. The van der Waals surface area contributed by atoms with Crippen LogP contribution in [0, 0.1) is 8.99 Å². The molecule has 2 heterocycles. The summed E-state index contributed by atoms with van der Waals surface area (Å²) in [6.07, 6.45) is 12.2. The number of aromatic nitrogens is 3. The molecule has 0 aliphatic heterocycles. The van der Waals surface area contributed by atoms with Gasteiger partial charge in [0, 0.05) is 30.0 Å². The van der Waals surface area contributed by atoms with E-state index >= 15 is 0 Å². The number of carboxylic acid groups (broad SMARTS) is 1. The van der Waals surface area contributed by atoms with Crippen LogP contribution in [0.15, 0.2) is 18.6 Å². The van der Waals surface area contributed by atoms with Crippen LogP contribution >= 0.6 is 22.6 Å². The maximum absolute atomic E-state index is 11.3. The number of nitrogens with one attached hydrogen (secondary N) is 1. The molecule has 2 aromatic heterocycles. The van der Waals surface area contributed by atoms with Crippen LogP contribution in [0.1, 0.15) is 63.6 Å². The summed E-state index contributed by atoms with van der Waals surface area (Å²) in [7, 11) is 0.